The Kier molecular flexibility index (Phi) is 5.58. The largest absolute Gasteiger partial charge is 0.390 e. The predicted molar refractivity (Wildman–Crippen MR) is 105 cm³/mol. The van der Waals surface area contributed by atoms with E-state index in [2.05, 4.69) is 10.4 Å². The highest BCUT2D eigenvalue weighted by molar-refractivity contribution is 5.78. The smallest absolute Gasteiger partial charge is 0.358 e. The van der Waals surface area contributed by atoms with E-state index in [0.29, 0.717) is 5.69 Å². The molecule has 28 heavy (non-hydrogen) atoms. The molecule has 0 saturated heterocycles. The van der Waals surface area contributed by atoms with Crippen molar-refractivity contribution in [2.75, 3.05) is 0 Å². The molecule has 2 aromatic heterocycles. The summed E-state index contributed by atoms with van der Waals surface area (Å²) in [5.74, 6) is -0.718. The van der Waals surface area contributed by atoms with Gasteiger partial charge >= 0.3 is 5.82 Å². The van der Waals surface area contributed by atoms with Crippen molar-refractivity contribution < 1.29 is 9.72 Å². The Morgan fingerprint density at radius 2 is 1.93 bits per heavy atom. The first-order chi connectivity index (χ1) is 13.3. The summed E-state index contributed by atoms with van der Waals surface area (Å²) in [5.41, 5.74) is 2.67. The SMILES string of the molecule is Cc1cc([N+](=O)[O-])nn1CC(C)C(=O)NC(C)c1cccc(-n2cccc2)c1. The van der Waals surface area contributed by atoms with Crippen LogP contribution >= 0.6 is 0 Å². The summed E-state index contributed by atoms with van der Waals surface area (Å²) in [7, 11) is 0. The van der Waals surface area contributed by atoms with Crippen LogP contribution in [0.1, 0.15) is 31.1 Å². The van der Waals surface area contributed by atoms with E-state index in [4.69, 9.17) is 0 Å². The van der Waals surface area contributed by atoms with Gasteiger partial charge in [-0.25, -0.2) is 0 Å². The number of rotatable bonds is 7. The number of nitro groups is 1. The topological polar surface area (TPSA) is 95.0 Å². The van der Waals surface area contributed by atoms with E-state index < -0.39 is 4.92 Å². The number of carbonyl (C=O) groups is 1. The van der Waals surface area contributed by atoms with Gasteiger partial charge in [0.15, 0.2) is 0 Å². The zero-order valence-electron chi connectivity index (χ0n) is 16.1. The fourth-order valence-corrected chi connectivity index (χ4v) is 3.01. The molecule has 0 spiro atoms. The van der Waals surface area contributed by atoms with E-state index in [1.54, 1.807) is 13.8 Å². The Morgan fingerprint density at radius 1 is 1.21 bits per heavy atom. The van der Waals surface area contributed by atoms with E-state index in [-0.39, 0.29) is 30.2 Å². The highest BCUT2D eigenvalue weighted by Crippen LogP contribution is 2.18. The van der Waals surface area contributed by atoms with Crippen LogP contribution in [0.3, 0.4) is 0 Å². The maximum Gasteiger partial charge on any atom is 0.390 e. The van der Waals surface area contributed by atoms with Gasteiger partial charge in [0.25, 0.3) is 0 Å². The molecule has 1 N–H and O–H groups in total. The lowest BCUT2D eigenvalue weighted by molar-refractivity contribution is -0.389. The van der Waals surface area contributed by atoms with Gasteiger partial charge in [0.2, 0.25) is 5.91 Å². The molecular weight excluding hydrogens is 358 g/mol. The second kappa shape index (κ2) is 8.08. The molecule has 3 aromatic rings. The number of hydrogen-bond acceptors (Lipinski definition) is 4. The molecule has 0 fully saturated rings. The van der Waals surface area contributed by atoms with Crippen molar-refractivity contribution >= 4 is 11.7 Å². The van der Waals surface area contributed by atoms with Gasteiger partial charge in [-0.15, -0.1) is 0 Å². The van der Waals surface area contributed by atoms with Crippen LogP contribution in [-0.2, 0) is 11.3 Å². The van der Waals surface area contributed by atoms with Gasteiger partial charge in [-0.3, -0.25) is 4.79 Å². The molecule has 0 saturated carbocycles. The maximum absolute atomic E-state index is 12.6. The van der Waals surface area contributed by atoms with Crippen LogP contribution < -0.4 is 5.32 Å². The van der Waals surface area contributed by atoms with Crippen molar-refractivity contribution in [3.8, 4) is 5.69 Å². The Labute approximate surface area is 162 Å². The summed E-state index contributed by atoms with van der Waals surface area (Å²) >= 11 is 0. The molecule has 0 aliphatic rings. The Morgan fingerprint density at radius 3 is 2.57 bits per heavy atom. The summed E-state index contributed by atoms with van der Waals surface area (Å²) in [6, 6.07) is 13.1. The first-order valence-electron chi connectivity index (χ1n) is 9.07. The van der Waals surface area contributed by atoms with Gasteiger partial charge < -0.3 is 20.0 Å². The standard InChI is InChI=1S/C20H23N5O3/c1-14(13-24-15(2)11-19(22-24)25(27)28)20(26)21-16(3)17-7-6-8-18(12-17)23-9-4-5-10-23/h4-12,14,16H,13H2,1-3H3,(H,21,26). The number of nitrogens with zero attached hydrogens (tertiary/aromatic N) is 4. The summed E-state index contributed by atoms with van der Waals surface area (Å²) < 4.78 is 3.51. The second-order valence-corrected chi connectivity index (χ2v) is 6.90. The minimum absolute atomic E-state index is 0.128. The summed E-state index contributed by atoms with van der Waals surface area (Å²) in [5, 5.41) is 17.8. The third-order valence-electron chi connectivity index (χ3n) is 4.68. The van der Waals surface area contributed by atoms with Gasteiger partial charge in [-0.1, -0.05) is 19.1 Å². The van der Waals surface area contributed by atoms with Crippen molar-refractivity contribution in [1.29, 1.82) is 0 Å². The van der Waals surface area contributed by atoms with Crippen LogP contribution in [0.25, 0.3) is 5.69 Å². The minimum atomic E-state index is -0.534. The Balaban J connectivity index is 1.65. The molecule has 146 valence electrons. The average molecular weight is 381 g/mol. The fourth-order valence-electron chi connectivity index (χ4n) is 3.01. The van der Waals surface area contributed by atoms with Crippen LogP contribution in [0.5, 0.6) is 0 Å². The second-order valence-electron chi connectivity index (χ2n) is 6.90. The molecule has 0 aliphatic carbocycles. The number of carbonyl (C=O) groups excluding carboxylic acids is 1. The average Bonchev–Trinajstić information content (AvgIpc) is 3.32. The lowest BCUT2D eigenvalue weighted by atomic mass is 10.1. The number of amides is 1. The number of aryl methyl sites for hydroxylation is 1. The van der Waals surface area contributed by atoms with Crippen LogP contribution in [0.15, 0.2) is 54.9 Å². The third-order valence-corrected chi connectivity index (χ3v) is 4.68. The van der Waals surface area contributed by atoms with E-state index in [1.807, 2.05) is 60.3 Å². The number of nitrogens with one attached hydrogen (secondary N) is 1. The van der Waals surface area contributed by atoms with Crippen LogP contribution in [0.2, 0.25) is 0 Å². The fraction of sp³-hybridized carbons (Fsp3) is 0.300. The predicted octanol–water partition coefficient (Wildman–Crippen LogP) is 3.40. The molecule has 8 nitrogen and oxygen atoms in total. The molecule has 0 bridgehead atoms. The van der Waals surface area contributed by atoms with E-state index >= 15 is 0 Å². The van der Waals surface area contributed by atoms with E-state index in [0.717, 1.165) is 11.3 Å². The van der Waals surface area contributed by atoms with Crippen LogP contribution in [0, 0.1) is 23.0 Å². The lowest BCUT2D eigenvalue weighted by Crippen LogP contribution is -2.33. The molecular formula is C20H23N5O3. The molecule has 2 heterocycles. The van der Waals surface area contributed by atoms with Crippen LogP contribution in [0.4, 0.5) is 5.82 Å². The molecule has 2 atom stereocenters. The molecule has 8 heteroatoms. The molecule has 3 rings (SSSR count). The third kappa shape index (κ3) is 4.28. The summed E-state index contributed by atoms with van der Waals surface area (Å²) in [6.07, 6.45) is 3.94. The van der Waals surface area contributed by atoms with Gasteiger partial charge in [0, 0.05) is 18.1 Å². The zero-order chi connectivity index (χ0) is 20.3. The lowest BCUT2D eigenvalue weighted by Gasteiger charge is -2.18. The Bertz CT molecular complexity index is 978. The normalized spacial score (nSPS) is 13.1. The van der Waals surface area contributed by atoms with Crippen molar-refractivity contribution in [2.24, 2.45) is 5.92 Å². The molecule has 0 aliphatic heterocycles. The van der Waals surface area contributed by atoms with Crippen molar-refractivity contribution in [1.82, 2.24) is 19.7 Å². The number of aromatic nitrogens is 3. The van der Waals surface area contributed by atoms with E-state index in [9.17, 15) is 14.9 Å². The van der Waals surface area contributed by atoms with Crippen molar-refractivity contribution in [3.63, 3.8) is 0 Å². The first-order valence-corrected chi connectivity index (χ1v) is 9.07. The zero-order valence-corrected chi connectivity index (χ0v) is 16.1. The number of hydrogen-bond donors (Lipinski definition) is 1. The van der Waals surface area contributed by atoms with Crippen LogP contribution in [-0.4, -0.2) is 25.2 Å². The monoisotopic (exact) mass is 381 g/mol. The van der Waals surface area contributed by atoms with E-state index in [1.165, 1.54) is 10.7 Å². The highest BCUT2D eigenvalue weighted by Gasteiger charge is 2.22. The molecule has 2 unspecified atom stereocenters. The molecule has 1 aromatic carbocycles. The summed E-state index contributed by atoms with van der Waals surface area (Å²) in [4.78, 5) is 22.9. The molecule has 0 radical (unpaired) electrons. The van der Waals surface area contributed by atoms with Gasteiger partial charge in [0.1, 0.15) is 0 Å². The molecule has 1 amide bonds. The quantitative estimate of drug-likeness (QED) is 0.501. The summed E-state index contributed by atoms with van der Waals surface area (Å²) in [6.45, 7) is 5.73. The minimum Gasteiger partial charge on any atom is -0.358 e. The Hall–Kier alpha value is -3.42. The van der Waals surface area contributed by atoms with Crippen molar-refractivity contribution in [2.45, 2.75) is 33.4 Å². The van der Waals surface area contributed by atoms with Gasteiger partial charge in [0.05, 0.1) is 35.4 Å². The highest BCUT2D eigenvalue weighted by atomic mass is 16.6. The number of benzene rings is 1. The van der Waals surface area contributed by atoms with Gasteiger partial charge in [-0.05, 0) is 48.6 Å². The first kappa shape index (κ1) is 19.3. The van der Waals surface area contributed by atoms with Crippen molar-refractivity contribution in [3.05, 3.63) is 76.2 Å². The van der Waals surface area contributed by atoms with Gasteiger partial charge in [-0.2, -0.15) is 4.68 Å². The maximum atomic E-state index is 12.6.